The summed E-state index contributed by atoms with van der Waals surface area (Å²) < 4.78 is 4.84. The fourth-order valence-electron chi connectivity index (χ4n) is 2.08. The Morgan fingerprint density at radius 3 is 2.37 bits per heavy atom. The largest absolute Gasteiger partial charge is 0.468 e. The highest BCUT2D eigenvalue weighted by atomic mass is 16.5. The molecule has 0 heterocycles. The van der Waals surface area contributed by atoms with Crippen LogP contribution < -0.4 is 5.32 Å². The zero-order valence-corrected chi connectivity index (χ0v) is 12.3. The maximum Gasteiger partial charge on any atom is 0.323 e. The van der Waals surface area contributed by atoms with Gasteiger partial charge in [-0.2, -0.15) is 0 Å². The maximum atomic E-state index is 11.7. The summed E-state index contributed by atoms with van der Waals surface area (Å²) >= 11 is 0. The Labute approximate surface area is 116 Å². The van der Waals surface area contributed by atoms with Gasteiger partial charge in [-0.25, -0.2) is 0 Å². The third-order valence-electron chi connectivity index (χ3n) is 3.29. The van der Waals surface area contributed by atoms with Crippen LogP contribution in [-0.2, 0) is 16.0 Å². The van der Waals surface area contributed by atoms with Crippen molar-refractivity contribution in [2.24, 2.45) is 5.92 Å². The fraction of sp³-hybridized carbons (Fsp3) is 0.562. The van der Waals surface area contributed by atoms with Crippen LogP contribution in [-0.4, -0.2) is 25.2 Å². The van der Waals surface area contributed by atoms with E-state index >= 15 is 0 Å². The molecule has 0 aliphatic carbocycles. The molecule has 0 bridgehead atoms. The molecular formula is C16H25NO2. The molecule has 0 fully saturated rings. The Balaban J connectivity index is 2.44. The summed E-state index contributed by atoms with van der Waals surface area (Å²) in [6.07, 6.45) is 2.02. The van der Waals surface area contributed by atoms with Crippen molar-refractivity contribution in [2.75, 3.05) is 7.11 Å². The first-order valence-electron chi connectivity index (χ1n) is 6.92. The molecule has 0 saturated heterocycles. The molecule has 0 aliphatic heterocycles. The first-order chi connectivity index (χ1) is 9.04. The van der Waals surface area contributed by atoms with Gasteiger partial charge in [0.05, 0.1) is 7.11 Å². The molecule has 0 spiro atoms. The minimum Gasteiger partial charge on any atom is -0.468 e. The van der Waals surface area contributed by atoms with Crippen molar-refractivity contribution in [3.05, 3.63) is 35.9 Å². The second-order valence-corrected chi connectivity index (χ2v) is 5.34. The summed E-state index contributed by atoms with van der Waals surface area (Å²) in [5.41, 5.74) is 1.33. The molecule has 2 atom stereocenters. The van der Waals surface area contributed by atoms with Gasteiger partial charge >= 0.3 is 5.97 Å². The molecule has 0 saturated carbocycles. The molecule has 0 aromatic heterocycles. The van der Waals surface area contributed by atoms with E-state index in [1.807, 2.05) is 19.9 Å². The Hall–Kier alpha value is -1.35. The van der Waals surface area contributed by atoms with E-state index < -0.39 is 0 Å². The molecule has 19 heavy (non-hydrogen) atoms. The number of rotatable bonds is 7. The van der Waals surface area contributed by atoms with E-state index in [4.69, 9.17) is 4.74 Å². The summed E-state index contributed by atoms with van der Waals surface area (Å²) in [5, 5.41) is 3.36. The van der Waals surface area contributed by atoms with Crippen LogP contribution in [0.15, 0.2) is 30.3 Å². The van der Waals surface area contributed by atoms with Crippen molar-refractivity contribution < 1.29 is 9.53 Å². The lowest BCUT2D eigenvalue weighted by Gasteiger charge is -2.24. The molecule has 106 valence electrons. The van der Waals surface area contributed by atoms with Crippen LogP contribution in [0.5, 0.6) is 0 Å². The molecule has 0 radical (unpaired) electrons. The minimum atomic E-state index is -0.226. The van der Waals surface area contributed by atoms with Crippen LogP contribution in [0.4, 0.5) is 0 Å². The van der Waals surface area contributed by atoms with Crippen LogP contribution in [0.3, 0.4) is 0 Å². The molecule has 1 N–H and O–H groups in total. The molecule has 2 unspecified atom stereocenters. The second-order valence-electron chi connectivity index (χ2n) is 5.34. The third-order valence-corrected chi connectivity index (χ3v) is 3.29. The Morgan fingerprint density at radius 2 is 1.84 bits per heavy atom. The van der Waals surface area contributed by atoms with Gasteiger partial charge in [-0.05, 0) is 31.2 Å². The Kier molecular flexibility index (Phi) is 6.57. The summed E-state index contributed by atoms with van der Waals surface area (Å²) in [7, 11) is 1.44. The van der Waals surface area contributed by atoms with Crippen LogP contribution in [0.25, 0.3) is 0 Å². The highest BCUT2D eigenvalue weighted by molar-refractivity contribution is 5.75. The van der Waals surface area contributed by atoms with Gasteiger partial charge in [0.2, 0.25) is 0 Å². The van der Waals surface area contributed by atoms with Gasteiger partial charge in [0, 0.05) is 6.04 Å². The quantitative estimate of drug-likeness (QED) is 0.769. The predicted molar refractivity (Wildman–Crippen MR) is 78.0 cm³/mol. The van der Waals surface area contributed by atoms with Gasteiger partial charge in [0.25, 0.3) is 0 Å². The minimum absolute atomic E-state index is 0.179. The van der Waals surface area contributed by atoms with E-state index in [1.165, 1.54) is 12.7 Å². The zero-order chi connectivity index (χ0) is 14.3. The highest BCUT2D eigenvalue weighted by Crippen LogP contribution is 2.09. The molecule has 1 aromatic carbocycles. The van der Waals surface area contributed by atoms with Crippen LogP contribution in [0.2, 0.25) is 0 Å². The summed E-state index contributed by atoms with van der Waals surface area (Å²) in [6, 6.07) is 10.5. The smallest absolute Gasteiger partial charge is 0.323 e. The third kappa shape index (κ3) is 5.43. The summed E-state index contributed by atoms with van der Waals surface area (Å²) in [4.78, 5) is 11.7. The van der Waals surface area contributed by atoms with Crippen molar-refractivity contribution in [3.63, 3.8) is 0 Å². The predicted octanol–water partition coefficient (Wildman–Crippen LogP) is 2.79. The van der Waals surface area contributed by atoms with Gasteiger partial charge < -0.3 is 10.1 Å². The van der Waals surface area contributed by atoms with Crippen molar-refractivity contribution in [1.82, 2.24) is 5.32 Å². The van der Waals surface area contributed by atoms with Crippen LogP contribution >= 0.6 is 0 Å². The number of ether oxygens (including phenoxy) is 1. The highest BCUT2D eigenvalue weighted by Gasteiger charge is 2.24. The average Bonchev–Trinajstić information content (AvgIpc) is 2.42. The molecule has 1 rings (SSSR count). The number of methoxy groups -OCH3 is 1. The number of benzene rings is 1. The van der Waals surface area contributed by atoms with Crippen LogP contribution in [0, 0.1) is 5.92 Å². The van der Waals surface area contributed by atoms with Gasteiger partial charge in [-0.15, -0.1) is 0 Å². The lowest BCUT2D eigenvalue weighted by atomic mass is 10.0. The molecular weight excluding hydrogens is 238 g/mol. The van der Waals surface area contributed by atoms with Gasteiger partial charge in [-0.1, -0.05) is 44.2 Å². The number of esters is 1. The van der Waals surface area contributed by atoms with Crippen molar-refractivity contribution in [2.45, 2.75) is 45.7 Å². The number of nitrogens with one attached hydrogen (secondary N) is 1. The molecule has 3 heteroatoms. The number of carbonyl (C=O) groups excluding carboxylic acids is 1. The number of hydrogen-bond acceptors (Lipinski definition) is 3. The van der Waals surface area contributed by atoms with Gasteiger partial charge in [0.1, 0.15) is 6.04 Å². The second kappa shape index (κ2) is 7.95. The van der Waals surface area contributed by atoms with E-state index in [0.717, 1.165) is 12.8 Å². The van der Waals surface area contributed by atoms with E-state index in [-0.39, 0.29) is 24.0 Å². The molecule has 0 amide bonds. The van der Waals surface area contributed by atoms with Gasteiger partial charge in [-0.3, -0.25) is 4.79 Å². The summed E-state index contributed by atoms with van der Waals surface area (Å²) in [6.45, 7) is 6.16. The number of hydrogen-bond donors (Lipinski definition) is 1. The maximum absolute atomic E-state index is 11.7. The number of carbonyl (C=O) groups is 1. The van der Waals surface area contributed by atoms with Crippen molar-refractivity contribution >= 4 is 5.97 Å². The van der Waals surface area contributed by atoms with E-state index in [1.54, 1.807) is 0 Å². The molecule has 3 nitrogen and oxygen atoms in total. The average molecular weight is 263 g/mol. The van der Waals surface area contributed by atoms with Crippen molar-refractivity contribution in [3.8, 4) is 0 Å². The first-order valence-corrected chi connectivity index (χ1v) is 6.92. The lowest BCUT2D eigenvalue weighted by Crippen LogP contribution is -2.46. The lowest BCUT2D eigenvalue weighted by molar-refractivity contribution is -0.144. The van der Waals surface area contributed by atoms with E-state index in [0.29, 0.717) is 0 Å². The van der Waals surface area contributed by atoms with Crippen molar-refractivity contribution in [1.29, 1.82) is 0 Å². The number of aryl methyl sites for hydroxylation is 1. The SMILES string of the molecule is COC(=O)C(NC(C)CCc1ccccc1)C(C)C. The van der Waals surface area contributed by atoms with Gasteiger partial charge in [0.15, 0.2) is 0 Å². The van der Waals surface area contributed by atoms with Crippen LogP contribution in [0.1, 0.15) is 32.8 Å². The normalized spacial score (nSPS) is 14.2. The van der Waals surface area contributed by atoms with E-state index in [2.05, 4.69) is 36.5 Å². The van der Waals surface area contributed by atoms with E-state index in [9.17, 15) is 4.79 Å². The molecule has 1 aromatic rings. The Bertz CT molecular complexity index is 376. The standard InChI is InChI=1S/C16H25NO2/c1-12(2)15(16(18)19-4)17-13(3)10-11-14-8-6-5-7-9-14/h5-9,12-13,15,17H,10-11H2,1-4H3. The monoisotopic (exact) mass is 263 g/mol. The first kappa shape index (κ1) is 15.7. The molecule has 0 aliphatic rings. The Morgan fingerprint density at radius 1 is 1.21 bits per heavy atom. The summed E-state index contributed by atoms with van der Waals surface area (Å²) in [5.74, 6) is 0.0492. The zero-order valence-electron chi connectivity index (χ0n) is 12.3. The topological polar surface area (TPSA) is 38.3 Å². The fourth-order valence-corrected chi connectivity index (χ4v) is 2.08.